The van der Waals surface area contributed by atoms with Crippen LogP contribution in [0.1, 0.15) is 30.3 Å². The number of nitrogens with zero attached hydrogens (tertiary/aromatic N) is 1. The van der Waals surface area contributed by atoms with Crippen LogP contribution < -0.4 is 0 Å². The first-order valence-electron chi connectivity index (χ1n) is 6.76. The summed E-state index contributed by atoms with van der Waals surface area (Å²) in [5.41, 5.74) is 1.45. The van der Waals surface area contributed by atoms with E-state index in [0.29, 0.717) is 19.3 Å². The first kappa shape index (κ1) is 14.5. The Balaban J connectivity index is 1.71. The van der Waals surface area contributed by atoms with Crippen molar-refractivity contribution in [2.75, 3.05) is 32.9 Å². The third kappa shape index (κ3) is 3.78. The van der Waals surface area contributed by atoms with Gasteiger partial charge < -0.3 is 9.47 Å². The molecule has 19 heavy (non-hydrogen) atoms. The third-order valence-corrected chi connectivity index (χ3v) is 4.45. The van der Waals surface area contributed by atoms with E-state index in [1.807, 2.05) is 11.3 Å². The molecular formula is C14H21NO3S. The number of carbonyl (C=O) groups excluding carboxylic acids is 1. The standard InChI is InChI=1S/C14H21NO3S/c1-3-18-14(16)10-17-8-7-15-6-4-13-12(11(15)2)5-9-19-13/h5,9,11H,3-4,6-8,10H2,1-2H3. The van der Waals surface area contributed by atoms with Gasteiger partial charge in [0.1, 0.15) is 6.61 Å². The fourth-order valence-electron chi connectivity index (χ4n) is 2.41. The van der Waals surface area contributed by atoms with Gasteiger partial charge in [-0.2, -0.15) is 0 Å². The summed E-state index contributed by atoms with van der Waals surface area (Å²) in [4.78, 5) is 15.0. The van der Waals surface area contributed by atoms with Crippen LogP contribution in [0.3, 0.4) is 0 Å². The Morgan fingerprint density at radius 3 is 3.21 bits per heavy atom. The molecule has 2 rings (SSSR count). The molecule has 0 saturated heterocycles. The number of hydrogen-bond acceptors (Lipinski definition) is 5. The van der Waals surface area contributed by atoms with Gasteiger partial charge in [0.2, 0.25) is 0 Å². The van der Waals surface area contributed by atoms with Crippen molar-refractivity contribution in [1.82, 2.24) is 4.90 Å². The molecule has 0 N–H and O–H groups in total. The van der Waals surface area contributed by atoms with E-state index in [9.17, 15) is 4.79 Å². The van der Waals surface area contributed by atoms with Crippen molar-refractivity contribution in [1.29, 1.82) is 0 Å². The molecule has 1 atom stereocenters. The molecule has 1 aromatic rings. The molecule has 1 aromatic heterocycles. The monoisotopic (exact) mass is 283 g/mol. The Bertz CT molecular complexity index is 419. The lowest BCUT2D eigenvalue weighted by molar-refractivity contribution is -0.148. The zero-order chi connectivity index (χ0) is 13.7. The maximum atomic E-state index is 11.1. The molecule has 1 aliphatic heterocycles. The smallest absolute Gasteiger partial charge is 0.332 e. The van der Waals surface area contributed by atoms with Crippen LogP contribution in [0.4, 0.5) is 0 Å². The van der Waals surface area contributed by atoms with Gasteiger partial charge in [-0.15, -0.1) is 11.3 Å². The van der Waals surface area contributed by atoms with E-state index in [1.165, 1.54) is 10.4 Å². The summed E-state index contributed by atoms with van der Waals surface area (Å²) in [6.07, 6.45) is 1.12. The summed E-state index contributed by atoms with van der Waals surface area (Å²) < 4.78 is 10.2. The van der Waals surface area contributed by atoms with Gasteiger partial charge in [-0.05, 0) is 37.3 Å². The van der Waals surface area contributed by atoms with Gasteiger partial charge in [-0.3, -0.25) is 4.90 Å². The van der Waals surface area contributed by atoms with Crippen molar-refractivity contribution >= 4 is 17.3 Å². The number of esters is 1. The van der Waals surface area contributed by atoms with E-state index in [1.54, 1.807) is 6.92 Å². The minimum atomic E-state index is -0.283. The molecule has 5 heteroatoms. The fraction of sp³-hybridized carbons (Fsp3) is 0.643. The van der Waals surface area contributed by atoms with E-state index in [4.69, 9.17) is 9.47 Å². The Labute approximate surface area is 118 Å². The van der Waals surface area contributed by atoms with Gasteiger partial charge in [-0.25, -0.2) is 4.79 Å². The Morgan fingerprint density at radius 1 is 1.58 bits per heavy atom. The molecule has 0 saturated carbocycles. The number of hydrogen-bond donors (Lipinski definition) is 0. The van der Waals surface area contributed by atoms with Crippen LogP contribution in [-0.4, -0.2) is 43.8 Å². The van der Waals surface area contributed by atoms with Crippen LogP contribution >= 0.6 is 11.3 Å². The molecule has 0 radical (unpaired) electrons. The van der Waals surface area contributed by atoms with E-state index < -0.39 is 0 Å². The summed E-state index contributed by atoms with van der Waals surface area (Å²) in [6, 6.07) is 2.66. The van der Waals surface area contributed by atoms with Crippen molar-refractivity contribution in [3.05, 3.63) is 21.9 Å². The lowest BCUT2D eigenvalue weighted by atomic mass is 10.0. The zero-order valence-corrected chi connectivity index (χ0v) is 12.4. The lowest BCUT2D eigenvalue weighted by Gasteiger charge is -2.33. The first-order valence-corrected chi connectivity index (χ1v) is 7.64. The highest BCUT2D eigenvalue weighted by molar-refractivity contribution is 7.10. The molecule has 0 amide bonds. The van der Waals surface area contributed by atoms with Crippen LogP contribution in [0.2, 0.25) is 0 Å². The molecule has 0 fully saturated rings. The molecular weight excluding hydrogens is 262 g/mol. The average Bonchev–Trinajstić information content (AvgIpc) is 2.86. The highest BCUT2D eigenvalue weighted by atomic mass is 32.1. The maximum Gasteiger partial charge on any atom is 0.332 e. The number of carbonyl (C=O) groups is 1. The number of thiophene rings is 1. The summed E-state index contributed by atoms with van der Waals surface area (Å²) in [5.74, 6) is -0.283. The SMILES string of the molecule is CCOC(=O)COCCN1CCc2sccc2C1C. The van der Waals surface area contributed by atoms with Crippen LogP contribution in [0.5, 0.6) is 0 Å². The largest absolute Gasteiger partial charge is 0.464 e. The van der Waals surface area contributed by atoms with Crippen molar-refractivity contribution in [2.45, 2.75) is 26.3 Å². The van der Waals surface area contributed by atoms with E-state index in [0.717, 1.165) is 19.5 Å². The Morgan fingerprint density at radius 2 is 2.42 bits per heavy atom. The van der Waals surface area contributed by atoms with Gasteiger partial charge in [0.05, 0.1) is 13.2 Å². The van der Waals surface area contributed by atoms with Crippen molar-refractivity contribution in [3.8, 4) is 0 Å². The second-order valence-electron chi connectivity index (χ2n) is 4.62. The molecule has 4 nitrogen and oxygen atoms in total. The third-order valence-electron chi connectivity index (χ3n) is 3.45. The van der Waals surface area contributed by atoms with Crippen LogP contribution in [0.25, 0.3) is 0 Å². The van der Waals surface area contributed by atoms with Crippen molar-refractivity contribution < 1.29 is 14.3 Å². The van der Waals surface area contributed by atoms with Gasteiger partial charge in [-0.1, -0.05) is 0 Å². The molecule has 2 heterocycles. The molecule has 0 bridgehead atoms. The molecule has 1 unspecified atom stereocenters. The normalized spacial score (nSPS) is 19.2. The Hall–Kier alpha value is -0.910. The fourth-order valence-corrected chi connectivity index (χ4v) is 3.37. The second-order valence-corrected chi connectivity index (χ2v) is 5.62. The highest BCUT2D eigenvalue weighted by Gasteiger charge is 2.24. The second kappa shape index (κ2) is 7.03. The summed E-state index contributed by atoms with van der Waals surface area (Å²) >= 11 is 1.85. The summed E-state index contributed by atoms with van der Waals surface area (Å²) in [6.45, 7) is 6.99. The van der Waals surface area contributed by atoms with Crippen molar-refractivity contribution in [3.63, 3.8) is 0 Å². The van der Waals surface area contributed by atoms with Gasteiger partial charge in [0, 0.05) is 24.0 Å². The van der Waals surface area contributed by atoms with Crippen molar-refractivity contribution in [2.24, 2.45) is 0 Å². The van der Waals surface area contributed by atoms with Gasteiger partial charge in [0.15, 0.2) is 0 Å². The molecule has 0 aliphatic carbocycles. The topological polar surface area (TPSA) is 38.8 Å². The van der Waals surface area contributed by atoms with Crippen LogP contribution in [0, 0.1) is 0 Å². The van der Waals surface area contributed by atoms with Crippen LogP contribution in [-0.2, 0) is 20.7 Å². The minimum Gasteiger partial charge on any atom is -0.464 e. The molecule has 106 valence electrons. The molecule has 1 aliphatic rings. The predicted octanol–water partition coefficient (Wildman–Crippen LogP) is 2.25. The maximum absolute atomic E-state index is 11.1. The lowest BCUT2D eigenvalue weighted by Crippen LogP contribution is -2.36. The zero-order valence-electron chi connectivity index (χ0n) is 11.6. The van der Waals surface area contributed by atoms with E-state index in [-0.39, 0.29) is 12.6 Å². The minimum absolute atomic E-state index is 0.0553. The average molecular weight is 283 g/mol. The first-order chi connectivity index (χ1) is 9.22. The van der Waals surface area contributed by atoms with E-state index >= 15 is 0 Å². The van der Waals surface area contributed by atoms with Gasteiger partial charge >= 0.3 is 5.97 Å². The predicted molar refractivity (Wildman–Crippen MR) is 75.5 cm³/mol. The molecule has 0 aromatic carbocycles. The quantitative estimate of drug-likeness (QED) is 0.593. The number of ether oxygens (including phenoxy) is 2. The number of fused-ring (bicyclic) bond motifs is 1. The summed E-state index contributed by atoms with van der Waals surface area (Å²) in [7, 11) is 0. The molecule has 0 spiro atoms. The van der Waals surface area contributed by atoms with E-state index in [2.05, 4.69) is 23.3 Å². The number of rotatable bonds is 6. The Kier molecular flexibility index (Phi) is 5.36. The summed E-state index contributed by atoms with van der Waals surface area (Å²) in [5, 5.41) is 2.17. The highest BCUT2D eigenvalue weighted by Crippen LogP contribution is 2.32. The van der Waals surface area contributed by atoms with Gasteiger partial charge in [0.25, 0.3) is 0 Å². The van der Waals surface area contributed by atoms with Crippen LogP contribution in [0.15, 0.2) is 11.4 Å².